The average molecular weight is 260 g/mol. The second-order valence-electron chi connectivity index (χ2n) is 4.03. The summed E-state index contributed by atoms with van der Waals surface area (Å²) in [5, 5.41) is 12.1. The molecule has 6 nitrogen and oxygen atoms in total. The fourth-order valence-corrected chi connectivity index (χ4v) is 2.49. The highest BCUT2D eigenvalue weighted by Gasteiger charge is 2.07. The van der Waals surface area contributed by atoms with Crippen LogP contribution >= 0.6 is 11.8 Å². The van der Waals surface area contributed by atoms with E-state index < -0.39 is 0 Å². The molecule has 0 saturated heterocycles. The van der Waals surface area contributed by atoms with E-state index in [0.29, 0.717) is 0 Å². The van der Waals surface area contributed by atoms with Crippen LogP contribution in [0.5, 0.6) is 0 Å². The Hall–Kier alpha value is -1.89. The largest absolute Gasteiger partial charge is 0.307 e. The van der Waals surface area contributed by atoms with Gasteiger partial charge in [0.15, 0.2) is 0 Å². The lowest BCUT2D eigenvalue weighted by molar-refractivity contribution is 0.664. The third kappa shape index (κ3) is 1.97. The molecule has 0 saturated carbocycles. The van der Waals surface area contributed by atoms with Crippen molar-refractivity contribution >= 4 is 17.4 Å². The average Bonchev–Trinajstić information content (AvgIpc) is 2.93. The van der Waals surface area contributed by atoms with Crippen LogP contribution in [-0.4, -0.2) is 29.6 Å². The van der Waals surface area contributed by atoms with Gasteiger partial charge in [0.1, 0.15) is 5.65 Å². The molecule has 0 fully saturated rings. The topological polar surface area (TPSA) is 60.9 Å². The molecule has 3 aromatic rings. The maximum atomic E-state index is 4.61. The second-order valence-corrected chi connectivity index (χ2v) is 4.97. The zero-order valence-electron chi connectivity index (χ0n) is 10.1. The second kappa shape index (κ2) is 4.41. The minimum atomic E-state index is 0.759. The molecule has 3 heterocycles. The highest BCUT2D eigenvalue weighted by Crippen LogP contribution is 2.19. The van der Waals surface area contributed by atoms with E-state index in [1.807, 2.05) is 29.9 Å². The van der Waals surface area contributed by atoms with Crippen molar-refractivity contribution in [3.8, 4) is 0 Å². The molecule has 0 unspecified atom stereocenters. The smallest absolute Gasteiger partial charge is 0.209 e. The van der Waals surface area contributed by atoms with Crippen molar-refractivity contribution < 1.29 is 0 Å². The first-order valence-electron chi connectivity index (χ1n) is 5.52. The van der Waals surface area contributed by atoms with Gasteiger partial charge in [0.2, 0.25) is 5.16 Å². The summed E-state index contributed by atoms with van der Waals surface area (Å²) in [4.78, 5) is 4.61. The summed E-state index contributed by atoms with van der Waals surface area (Å²) < 4.78 is 3.70. The van der Waals surface area contributed by atoms with Crippen molar-refractivity contribution in [3.63, 3.8) is 0 Å². The van der Waals surface area contributed by atoms with Gasteiger partial charge < -0.3 is 4.40 Å². The maximum absolute atomic E-state index is 4.61. The number of hydrogen-bond acceptors (Lipinski definition) is 5. The first kappa shape index (κ1) is 11.2. The van der Waals surface area contributed by atoms with Crippen molar-refractivity contribution in [2.24, 2.45) is 7.05 Å². The van der Waals surface area contributed by atoms with Crippen LogP contribution in [0.25, 0.3) is 5.65 Å². The molecule has 92 valence electrons. The molecule has 3 rings (SSSR count). The van der Waals surface area contributed by atoms with Gasteiger partial charge in [-0.1, -0.05) is 17.8 Å². The fourth-order valence-electron chi connectivity index (χ4n) is 1.76. The van der Waals surface area contributed by atoms with Gasteiger partial charge >= 0.3 is 0 Å². The molecular weight excluding hydrogens is 248 g/mol. The molecule has 18 heavy (non-hydrogen) atoms. The van der Waals surface area contributed by atoms with E-state index in [0.717, 1.165) is 22.3 Å². The lowest BCUT2D eigenvalue weighted by Crippen LogP contribution is -1.93. The van der Waals surface area contributed by atoms with E-state index in [2.05, 4.69) is 33.5 Å². The molecule has 0 aliphatic rings. The van der Waals surface area contributed by atoms with E-state index >= 15 is 0 Å². The minimum absolute atomic E-state index is 0.759. The van der Waals surface area contributed by atoms with Gasteiger partial charge in [-0.15, -0.1) is 5.10 Å². The normalized spacial score (nSPS) is 11.2. The van der Waals surface area contributed by atoms with Gasteiger partial charge in [-0.3, -0.25) is 0 Å². The van der Waals surface area contributed by atoms with Crippen LogP contribution in [0.15, 0.2) is 29.7 Å². The Labute approximate surface area is 108 Å². The number of aryl methyl sites for hydroxylation is 2. The maximum Gasteiger partial charge on any atom is 0.209 e. The lowest BCUT2D eigenvalue weighted by Gasteiger charge is -1.95. The molecule has 0 radical (unpaired) electrons. The molecule has 0 aliphatic heterocycles. The van der Waals surface area contributed by atoms with Crippen LogP contribution in [-0.2, 0) is 12.8 Å². The summed E-state index contributed by atoms with van der Waals surface area (Å²) >= 11 is 1.58. The van der Waals surface area contributed by atoms with E-state index in [1.54, 1.807) is 16.4 Å². The zero-order valence-corrected chi connectivity index (χ0v) is 10.9. The first-order valence-corrected chi connectivity index (χ1v) is 6.51. The Balaban J connectivity index is 1.83. The van der Waals surface area contributed by atoms with Crippen molar-refractivity contribution in [1.29, 1.82) is 0 Å². The predicted molar refractivity (Wildman–Crippen MR) is 68.3 cm³/mol. The molecule has 3 aromatic heterocycles. The van der Waals surface area contributed by atoms with Crippen LogP contribution in [0.4, 0.5) is 0 Å². The van der Waals surface area contributed by atoms with Gasteiger partial charge in [-0.25, -0.2) is 9.67 Å². The Morgan fingerprint density at radius 3 is 3.00 bits per heavy atom. The highest BCUT2D eigenvalue weighted by atomic mass is 32.2. The summed E-state index contributed by atoms with van der Waals surface area (Å²) in [7, 11) is 1.83. The number of fused-ring (bicyclic) bond motifs is 1. The summed E-state index contributed by atoms with van der Waals surface area (Å²) in [5.74, 6) is 0.759. The molecule has 0 N–H and O–H groups in total. The molecule has 7 heteroatoms. The van der Waals surface area contributed by atoms with Crippen LogP contribution in [0.1, 0.15) is 11.3 Å². The third-order valence-electron chi connectivity index (χ3n) is 2.66. The van der Waals surface area contributed by atoms with Crippen LogP contribution in [0.2, 0.25) is 0 Å². The number of hydrogen-bond donors (Lipinski definition) is 0. The monoisotopic (exact) mass is 260 g/mol. The SMILES string of the molecule is Cc1cccn2cc(CSc3nnnn3C)nc12. The number of tetrazole rings is 1. The number of pyridine rings is 1. The Bertz CT molecular complexity index is 686. The quantitative estimate of drug-likeness (QED) is 0.667. The van der Waals surface area contributed by atoms with Crippen LogP contribution in [0.3, 0.4) is 0 Å². The van der Waals surface area contributed by atoms with E-state index in [4.69, 9.17) is 0 Å². The number of imidazole rings is 1. The number of rotatable bonds is 3. The van der Waals surface area contributed by atoms with Gasteiger partial charge in [0.25, 0.3) is 0 Å². The Morgan fingerprint density at radius 2 is 2.28 bits per heavy atom. The third-order valence-corrected chi connectivity index (χ3v) is 3.70. The summed E-state index contributed by atoms with van der Waals surface area (Å²) in [6.07, 6.45) is 4.05. The van der Waals surface area contributed by atoms with Crippen molar-refractivity contribution in [2.45, 2.75) is 17.8 Å². The molecular formula is C11H12N6S. The van der Waals surface area contributed by atoms with E-state index in [9.17, 15) is 0 Å². The zero-order chi connectivity index (χ0) is 12.5. The number of aromatic nitrogens is 6. The summed E-state index contributed by atoms with van der Waals surface area (Å²) in [5.41, 5.74) is 3.20. The van der Waals surface area contributed by atoms with Crippen molar-refractivity contribution in [2.75, 3.05) is 0 Å². The summed E-state index contributed by atoms with van der Waals surface area (Å²) in [6.45, 7) is 2.06. The minimum Gasteiger partial charge on any atom is -0.307 e. The number of thioether (sulfide) groups is 1. The standard InChI is InChI=1S/C11H12N6S/c1-8-4-3-5-17-6-9(12-10(8)17)7-18-11-13-14-15-16(11)2/h3-6H,7H2,1-2H3. The fraction of sp³-hybridized carbons (Fsp3) is 0.273. The van der Waals surface area contributed by atoms with E-state index in [-0.39, 0.29) is 0 Å². The molecule has 0 aromatic carbocycles. The Kier molecular flexibility index (Phi) is 2.75. The molecule has 0 spiro atoms. The van der Waals surface area contributed by atoms with Crippen LogP contribution < -0.4 is 0 Å². The van der Waals surface area contributed by atoms with Crippen LogP contribution in [0, 0.1) is 6.92 Å². The predicted octanol–water partition coefficient (Wildman–Crippen LogP) is 1.46. The van der Waals surface area contributed by atoms with E-state index in [1.165, 1.54) is 5.56 Å². The lowest BCUT2D eigenvalue weighted by atomic mass is 10.3. The molecule has 0 bridgehead atoms. The van der Waals surface area contributed by atoms with Gasteiger partial charge in [0, 0.05) is 25.2 Å². The molecule has 0 atom stereocenters. The van der Waals surface area contributed by atoms with Crippen molar-refractivity contribution in [3.05, 3.63) is 35.8 Å². The summed E-state index contributed by atoms with van der Waals surface area (Å²) in [6, 6.07) is 4.08. The number of nitrogens with zero attached hydrogens (tertiary/aromatic N) is 6. The molecule has 0 amide bonds. The van der Waals surface area contributed by atoms with Gasteiger partial charge in [-0.05, 0) is 29.0 Å². The van der Waals surface area contributed by atoms with Crippen molar-refractivity contribution in [1.82, 2.24) is 29.6 Å². The van der Waals surface area contributed by atoms with Gasteiger partial charge in [-0.2, -0.15) is 0 Å². The Morgan fingerprint density at radius 1 is 1.39 bits per heavy atom. The highest BCUT2D eigenvalue weighted by molar-refractivity contribution is 7.98. The first-order chi connectivity index (χ1) is 8.74. The van der Waals surface area contributed by atoms with Gasteiger partial charge in [0.05, 0.1) is 5.69 Å². The molecule has 0 aliphatic carbocycles.